The van der Waals surface area contributed by atoms with Crippen LogP contribution in [0.25, 0.3) is 5.69 Å². The van der Waals surface area contributed by atoms with E-state index in [4.69, 9.17) is 0 Å². The highest BCUT2D eigenvalue weighted by Gasteiger charge is 2.22. The highest BCUT2D eigenvalue weighted by atomic mass is 16.2. The van der Waals surface area contributed by atoms with Crippen molar-refractivity contribution >= 4 is 5.91 Å². The zero-order valence-electron chi connectivity index (χ0n) is 20.3. The Labute approximate surface area is 203 Å². The number of carbonyl (C=O) groups excluding carboxylic acids is 1. The summed E-state index contributed by atoms with van der Waals surface area (Å²) in [7, 11) is 0. The number of carbonyl (C=O) groups is 1. The predicted octanol–water partition coefficient (Wildman–Crippen LogP) is 3.86. The number of hydrogen-bond donors (Lipinski definition) is 1. The van der Waals surface area contributed by atoms with Crippen molar-refractivity contribution in [2.24, 2.45) is 0 Å². The maximum atomic E-state index is 13.4. The zero-order chi connectivity index (χ0) is 25.1. The van der Waals surface area contributed by atoms with E-state index >= 15 is 0 Å². The Morgan fingerprint density at radius 2 is 1.51 bits per heavy atom. The topological polar surface area (TPSA) is 86.0 Å². The number of rotatable bonds is 6. The van der Waals surface area contributed by atoms with Crippen molar-refractivity contribution in [2.45, 2.75) is 40.3 Å². The van der Waals surface area contributed by atoms with Crippen molar-refractivity contribution in [2.75, 3.05) is 0 Å². The van der Waals surface area contributed by atoms with E-state index in [1.54, 1.807) is 12.1 Å². The van der Waals surface area contributed by atoms with Crippen molar-refractivity contribution in [1.82, 2.24) is 19.7 Å². The minimum Gasteiger partial charge on any atom is -0.344 e. The molecule has 1 amide bonds. The van der Waals surface area contributed by atoms with Crippen LogP contribution in [0, 0.1) is 20.8 Å². The zero-order valence-corrected chi connectivity index (χ0v) is 20.3. The second kappa shape index (κ2) is 9.93. The first-order valence-electron chi connectivity index (χ1n) is 11.5. The number of nitrogens with zero attached hydrogens (tertiary/aromatic N) is 3. The molecule has 0 aliphatic carbocycles. The number of hydrogen-bond acceptors (Lipinski definition) is 4. The molecular weight excluding hydrogens is 440 g/mol. The predicted molar refractivity (Wildman–Crippen MR) is 136 cm³/mol. The fourth-order valence-corrected chi connectivity index (χ4v) is 4.00. The summed E-state index contributed by atoms with van der Waals surface area (Å²) in [5.41, 5.74) is 3.44. The van der Waals surface area contributed by atoms with Gasteiger partial charge in [0.1, 0.15) is 0 Å². The summed E-state index contributed by atoms with van der Waals surface area (Å²) in [6.45, 7) is 7.65. The summed E-state index contributed by atoms with van der Waals surface area (Å²) >= 11 is 0. The maximum Gasteiger partial charge on any atom is 0.352 e. The highest BCUT2D eigenvalue weighted by molar-refractivity contribution is 5.92. The van der Waals surface area contributed by atoms with Crippen molar-refractivity contribution < 1.29 is 4.79 Å². The van der Waals surface area contributed by atoms with Gasteiger partial charge in [-0.15, -0.1) is 0 Å². The van der Waals surface area contributed by atoms with Crippen LogP contribution in [-0.4, -0.2) is 20.3 Å². The lowest BCUT2D eigenvalue weighted by Gasteiger charge is -2.16. The Bertz CT molecular complexity index is 1470. The molecule has 0 saturated carbocycles. The lowest BCUT2D eigenvalue weighted by Crippen LogP contribution is -2.46. The van der Waals surface area contributed by atoms with Crippen molar-refractivity contribution in [3.8, 4) is 5.69 Å². The summed E-state index contributed by atoms with van der Waals surface area (Å²) < 4.78 is 2.20. The highest BCUT2D eigenvalue weighted by Crippen LogP contribution is 2.13. The number of aryl methyl sites for hydroxylation is 3. The van der Waals surface area contributed by atoms with Crippen molar-refractivity contribution in [3.63, 3.8) is 0 Å². The van der Waals surface area contributed by atoms with Gasteiger partial charge in [-0.2, -0.15) is 9.78 Å². The SMILES string of the molecule is Cc1ccc(Cn2c(=O)c(C(=O)N[C@H](C)c3ccccc3)nn(-c3cc(C)cc(C)c3)c2=O)cc1. The minimum absolute atomic E-state index is 0.0276. The lowest BCUT2D eigenvalue weighted by atomic mass is 10.1. The molecule has 0 fully saturated rings. The molecule has 1 aromatic heterocycles. The normalized spacial score (nSPS) is 11.8. The van der Waals surface area contributed by atoms with Crippen LogP contribution in [0.5, 0.6) is 0 Å². The largest absolute Gasteiger partial charge is 0.352 e. The van der Waals surface area contributed by atoms with Crippen molar-refractivity contribution in [1.29, 1.82) is 0 Å². The molecule has 7 heteroatoms. The van der Waals surface area contributed by atoms with Crippen LogP contribution in [0.15, 0.2) is 82.4 Å². The average molecular weight is 469 g/mol. The van der Waals surface area contributed by atoms with Crippen LogP contribution in [0.1, 0.15) is 51.3 Å². The van der Waals surface area contributed by atoms with E-state index in [1.807, 2.05) is 88.4 Å². The van der Waals surface area contributed by atoms with E-state index in [2.05, 4.69) is 10.4 Å². The molecule has 0 unspecified atom stereocenters. The lowest BCUT2D eigenvalue weighted by molar-refractivity contribution is 0.0930. The second-order valence-electron chi connectivity index (χ2n) is 8.87. The third kappa shape index (κ3) is 5.30. The Morgan fingerprint density at radius 3 is 2.14 bits per heavy atom. The smallest absolute Gasteiger partial charge is 0.344 e. The molecule has 4 aromatic rings. The fraction of sp³-hybridized carbons (Fsp3) is 0.214. The summed E-state index contributed by atoms with van der Waals surface area (Å²) in [5.74, 6) is -0.637. The van der Waals surface area contributed by atoms with E-state index in [1.165, 1.54) is 0 Å². The molecule has 1 N–H and O–H groups in total. The molecule has 0 spiro atoms. The molecule has 0 radical (unpaired) electrons. The fourth-order valence-electron chi connectivity index (χ4n) is 4.00. The van der Waals surface area contributed by atoms with Gasteiger partial charge in [0.05, 0.1) is 18.3 Å². The monoisotopic (exact) mass is 468 g/mol. The molecule has 178 valence electrons. The number of nitrogens with one attached hydrogen (secondary N) is 1. The summed E-state index contributed by atoms with van der Waals surface area (Å²) in [4.78, 5) is 40.0. The van der Waals surface area contributed by atoms with Crippen LogP contribution in [-0.2, 0) is 6.54 Å². The van der Waals surface area contributed by atoms with Gasteiger partial charge in [0.2, 0.25) is 5.69 Å². The first kappa shape index (κ1) is 23.9. The first-order chi connectivity index (χ1) is 16.7. The van der Waals surface area contributed by atoms with Gasteiger partial charge in [-0.1, -0.05) is 66.2 Å². The molecule has 0 bridgehead atoms. The van der Waals surface area contributed by atoms with Crippen LogP contribution >= 0.6 is 0 Å². The molecule has 7 nitrogen and oxygen atoms in total. The van der Waals surface area contributed by atoms with Crippen LogP contribution in [0.3, 0.4) is 0 Å². The maximum absolute atomic E-state index is 13.4. The van der Waals surface area contributed by atoms with Crippen molar-refractivity contribution in [3.05, 3.63) is 127 Å². The molecular formula is C28H28N4O3. The third-order valence-corrected chi connectivity index (χ3v) is 5.83. The molecule has 35 heavy (non-hydrogen) atoms. The number of amides is 1. The molecule has 0 saturated heterocycles. The van der Waals surface area contributed by atoms with Gasteiger partial charge >= 0.3 is 5.69 Å². The Morgan fingerprint density at radius 1 is 0.886 bits per heavy atom. The van der Waals surface area contributed by atoms with Gasteiger partial charge in [-0.3, -0.25) is 14.2 Å². The van der Waals surface area contributed by atoms with Gasteiger partial charge in [0.25, 0.3) is 11.5 Å². The Hall–Kier alpha value is -4.26. The standard InChI is InChI=1S/C28H28N4O3/c1-18-10-12-22(13-11-18)17-31-27(34)25(26(33)29-21(4)23-8-6-5-7-9-23)30-32(28(31)35)24-15-19(2)14-20(3)16-24/h5-16,21H,17H2,1-4H3,(H,29,33)/t21-/m1/s1. The molecule has 1 heterocycles. The van der Waals surface area contributed by atoms with E-state index < -0.39 is 17.2 Å². The minimum atomic E-state index is -0.728. The van der Waals surface area contributed by atoms with E-state index in [-0.39, 0.29) is 18.3 Å². The first-order valence-corrected chi connectivity index (χ1v) is 11.5. The second-order valence-corrected chi connectivity index (χ2v) is 8.87. The Balaban J connectivity index is 1.83. The Kier molecular flexibility index (Phi) is 6.78. The van der Waals surface area contributed by atoms with E-state index in [0.29, 0.717) is 5.69 Å². The van der Waals surface area contributed by atoms with Gasteiger partial charge in [-0.05, 0) is 62.1 Å². The van der Waals surface area contributed by atoms with Crippen LogP contribution in [0.4, 0.5) is 0 Å². The van der Waals surface area contributed by atoms with E-state index in [9.17, 15) is 14.4 Å². The van der Waals surface area contributed by atoms with Gasteiger partial charge in [-0.25, -0.2) is 4.79 Å². The summed E-state index contributed by atoms with van der Waals surface area (Å²) in [5, 5.41) is 7.09. The number of benzene rings is 3. The summed E-state index contributed by atoms with van der Waals surface area (Å²) in [6, 6.07) is 22.2. The molecule has 0 aliphatic rings. The van der Waals surface area contributed by atoms with Gasteiger partial charge < -0.3 is 5.32 Å². The van der Waals surface area contributed by atoms with E-state index in [0.717, 1.165) is 37.1 Å². The van der Waals surface area contributed by atoms with Crippen LogP contribution in [0.2, 0.25) is 0 Å². The van der Waals surface area contributed by atoms with Gasteiger partial charge in [0.15, 0.2) is 0 Å². The molecule has 1 atom stereocenters. The molecule has 3 aromatic carbocycles. The molecule has 4 rings (SSSR count). The third-order valence-electron chi connectivity index (χ3n) is 5.83. The quantitative estimate of drug-likeness (QED) is 0.466. The van der Waals surface area contributed by atoms with Gasteiger partial charge in [0, 0.05) is 0 Å². The van der Waals surface area contributed by atoms with Crippen LogP contribution < -0.4 is 16.6 Å². The summed E-state index contributed by atoms with van der Waals surface area (Å²) in [6.07, 6.45) is 0. The average Bonchev–Trinajstić information content (AvgIpc) is 2.83. The molecule has 0 aliphatic heterocycles. The number of aromatic nitrogens is 3.